The van der Waals surface area contributed by atoms with Gasteiger partial charge in [0, 0.05) is 43.7 Å². The standard InChI is InChI=1S/C11H12ClN3O.ClH/c1-14-6-8(3-4-11(14)16)9-7-15(2)13-10(9)5-12;/h3-4,6-7H,5H2,1-2H3;1H. The second-order valence-electron chi connectivity index (χ2n) is 3.66. The lowest BCUT2D eigenvalue weighted by Crippen LogP contribution is -2.13. The summed E-state index contributed by atoms with van der Waals surface area (Å²) in [7, 11) is 3.57. The average Bonchev–Trinajstić information content (AvgIpc) is 2.63. The summed E-state index contributed by atoms with van der Waals surface area (Å²) in [5.74, 6) is 0.360. The minimum Gasteiger partial charge on any atom is -0.318 e. The molecule has 0 spiro atoms. The summed E-state index contributed by atoms with van der Waals surface area (Å²) >= 11 is 5.82. The van der Waals surface area contributed by atoms with Crippen molar-refractivity contribution in [3.63, 3.8) is 0 Å². The van der Waals surface area contributed by atoms with Crippen LogP contribution in [0.3, 0.4) is 0 Å². The second kappa shape index (κ2) is 5.38. The molecule has 0 bridgehead atoms. The molecule has 0 atom stereocenters. The summed E-state index contributed by atoms with van der Waals surface area (Å²) in [5, 5.41) is 4.25. The van der Waals surface area contributed by atoms with E-state index < -0.39 is 0 Å². The number of pyridine rings is 1. The zero-order valence-corrected chi connectivity index (χ0v) is 11.1. The van der Waals surface area contributed by atoms with Crippen LogP contribution in [0.15, 0.2) is 29.3 Å². The van der Waals surface area contributed by atoms with Crippen LogP contribution >= 0.6 is 24.0 Å². The molecule has 0 saturated carbocycles. The monoisotopic (exact) mass is 273 g/mol. The molecule has 0 radical (unpaired) electrons. The van der Waals surface area contributed by atoms with Gasteiger partial charge >= 0.3 is 0 Å². The summed E-state index contributed by atoms with van der Waals surface area (Å²) in [6, 6.07) is 3.33. The van der Waals surface area contributed by atoms with Gasteiger partial charge in [0.25, 0.3) is 0 Å². The molecule has 4 nitrogen and oxygen atoms in total. The third-order valence-electron chi connectivity index (χ3n) is 2.43. The zero-order chi connectivity index (χ0) is 11.7. The van der Waals surface area contributed by atoms with E-state index in [1.54, 1.807) is 34.6 Å². The Morgan fingerprint density at radius 3 is 2.59 bits per heavy atom. The normalized spacial score (nSPS) is 10.1. The van der Waals surface area contributed by atoms with Gasteiger partial charge in [-0.2, -0.15) is 5.10 Å². The number of rotatable bonds is 2. The molecule has 0 aliphatic heterocycles. The third kappa shape index (κ3) is 2.70. The second-order valence-corrected chi connectivity index (χ2v) is 3.93. The molecule has 2 heterocycles. The Labute approximate surface area is 110 Å². The summed E-state index contributed by atoms with van der Waals surface area (Å²) in [6.07, 6.45) is 3.69. The number of hydrogen-bond donors (Lipinski definition) is 0. The van der Waals surface area contributed by atoms with Crippen LogP contribution in [0, 0.1) is 0 Å². The van der Waals surface area contributed by atoms with Crippen LogP contribution in [-0.2, 0) is 20.0 Å². The summed E-state index contributed by atoms with van der Waals surface area (Å²) in [5.41, 5.74) is 2.71. The smallest absolute Gasteiger partial charge is 0.250 e. The van der Waals surface area contributed by atoms with Gasteiger partial charge in [0.1, 0.15) is 0 Å². The van der Waals surface area contributed by atoms with Gasteiger partial charge in [-0.15, -0.1) is 24.0 Å². The molecule has 0 N–H and O–H groups in total. The molecule has 0 aliphatic carbocycles. The van der Waals surface area contributed by atoms with Crippen LogP contribution in [0.1, 0.15) is 5.69 Å². The van der Waals surface area contributed by atoms with Gasteiger partial charge < -0.3 is 4.57 Å². The van der Waals surface area contributed by atoms with E-state index in [2.05, 4.69) is 5.10 Å². The Balaban J connectivity index is 0.00000144. The van der Waals surface area contributed by atoms with Crippen LogP contribution in [0.4, 0.5) is 0 Å². The van der Waals surface area contributed by atoms with Crippen LogP contribution in [0.5, 0.6) is 0 Å². The number of hydrogen-bond acceptors (Lipinski definition) is 2. The Hall–Kier alpha value is -1.26. The third-order valence-corrected chi connectivity index (χ3v) is 2.68. The van der Waals surface area contributed by atoms with E-state index in [0.29, 0.717) is 5.88 Å². The maximum Gasteiger partial charge on any atom is 0.250 e. The van der Waals surface area contributed by atoms with Gasteiger partial charge in [0.05, 0.1) is 11.6 Å². The van der Waals surface area contributed by atoms with Gasteiger partial charge in [-0.3, -0.25) is 9.48 Å². The number of alkyl halides is 1. The molecule has 0 unspecified atom stereocenters. The van der Waals surface area contributed by atoms with E-state index in [0.717, 1.165) is 16.8 Å². The molecule has 2 rings (SSSR count). The predicted molar refractivity (Wildman–Crippen MR) is 70.7 cm³/mol. The number of halogens is 2. The van der Waals surface area contributed by atoms with Crippen LogP contribution < -0.4 is 5.56 Å². The van der Waals surface area contributed by atoms with Crippen molar-refractivity contribution in [1.29, 1.82) is 0 Å². The van der Waals surface area contributed by atoms with Crippen molar-refractivity contribution < 1.29 is 0 Å². The van der Waals surface area contributed by atoms with E-state index in [9.17, 15) is 4.79 Å². The highest BCUT2D eigenvalue weighted by Crippen LogP contribution is 2.22. The Bertz CT molecular complexity index is 574. The topological polar surface area (TPSA) is 39.8 Å². The predicted octanol–water partition coefficient (Wildman–Crippen LogP) is 1.95. The van der Waals surface area contributed by atoms with Gasteiger partial charge in [0.15, 0.2) is 0 Å². The van der Waals surface area contributed by atoms with Crippen molar-refractivity contribution in [2.75, 3.05) is 0 Å². The van der Waals surface area contributed by atoms with Crippen LogP contribution in [-0.4, -0.2) is 14.3 Å². The maximum absolute atomic E-state index is 11.3. The van der Waals surface area contributed by atoms with Crippen molar-refractivity contribution in [2.45, 2.75) is 5.88 Å². The van der Waals surface area contributed by atoms with E-state index in [-0.39, 0.29) is 18.0 Å². The molecule has 2 aromatic rings. The minimum atomic E-state index is -0.0277. The van der Waals surface area contributed by atoms with E-state index >= 15 is 0 Å². The zero-order valence-electron chi connectivity index (χ0n) is 9.55. The molecule has 92 valence electrons. The maximum atomic E-state index is 11.3. The quantitative estimate of drug-likeness (QED) is 0.785. The van der Waals surface area contributed by atoms with Crippen molar-refractivity contribution in [3.05, 3.63) is 40.6 Å². The first kappa shape index (κ1) is 13.8. The minimum absolute atomic E-state index is 0. The van der Waals surface area contributed by atoms with Crippen molar-refractivity contribution in [3.8, 4) is 11.1 Å². The van der Waals surface area contributed by atoms with Gasteiger partial charge in [0.2, 0.25) is 5.56 Å². The van der Waals surface area contributed by atoms with Crippen LogP contribution in [0.25, 0.3) is 11.1 Å². The summed E-state index contributed by atoms with van der Waals surface area (Å²) < 4.78 is 3.26. The first-order chi connectivity index (χ1) is 7.61. The molecule has 6 heteroatoms. The number of aromatic nitrogens is 3. The fourth-order valence-electron chi connectivity index (χ4n) is 1.63. The molecule has 0 aromatic carbocycles. The lowest BCUT2D eigenvalue weighted by molar-refractivity contribution is 0.754. The molecule has 0 aliphatic rings. The highest BCUT2D eigenvalue weighted by atomic mass is 35.5. The van der Waals surface area contributed by atoms with Gasteiger partial charge in [-0.1, -0.05) is 0 Å². The SMILES string of the molecule is Cl.Cn1cc(-c2ccc(=O)n(C)c2)c(CCl)n1. The van der Waals surface area contributed by atoms with E-state index in [1.807, 2.05) is 13.2 Å². The van der Waals surface area contributed by atoms with Crippen molar-refractivity contribution in [1.82, 2.24) is 14.3 Å². The van der Waals surface area contributed by atoms with E-state index in [4.69, 9.17) is 11.6 Å². The highest BCUT2D eigenvalue weighted by Gasteiger charge is 2.09. The molecule has 0 fully saturated rings. The fourth-order valence-corrected chi connectivity index (χ4v) is 1.82. The summed E-state index contributed by atoms with van der Waals surface area (Å²) in [4.78, 5) is 11.3. The molecule has 17 heavy (non-hydrogen) atoms. The van der Waals surface area contributed by atoms with Gasteiger partial charge in [-0.25, -0.2) is 0 Å². The largest absolute Gasteiger partial charge is 0.318 e. The Morgan fingerprint density at radius 1 is 1.29 bits per heavy atom. The molecule has 0 saturated heterocycles. The fraction of sp³-hybridized carbons (Fsp3) is 0.273. The first-order valence-corrected chi connectivity index (χ1v) is 5.41. The van der Waals surface area contributed by atoms with Gasteiger partial charge in [-0.05, 0) is 6.07 Å². The average molecular weight is 274 g/mol. The number of aryl methyl sites for hydroxylation is 2. The lowest BCUT2D eigenvalue weighted by atomic mass is 10.1. The van der Waals surface area contributed by atoms with Crippen molar-refractivity contribution in [2.24, 2.45) is 14.1 Å². The molecule has 0 amide bonds. The molecular weight excluding hydrogens is 261 g/mol. The highest BCUT2D eigenvalue weighted by molar-refractivity contribution is 6.17. The lowest BCUT2D eigenvalue weighted by Gasteiger charge is -2.02. The summed E-state index contributed by atoms with van der Waals surface area (Å²) in [6.45, 7) is 0. The van der Waals surface area contributed by atoms with Crippen molar-refractivity contribution >= 4 is 24.0 Å². The Morgan fingerprint density at radius 2 is 2.00 bits per heavy atom. The first-order valence-electron chi connectivity index (χ1n) is 4.87. The van der Waals surface area contributed by atoms with Crippen LogP contribution in [0.2, 0.25) is 0 Å². The number of nitrogens with zero attached hydrogens (tertiary/aromatic N) is 3. The van der Waals surface area contributed by atoms with E-state index in [1.165, 1.54) is 0 Å². The molecule has 2 aromatic heterocycles. The Kier molecular flexibility index (Phi) is 4.37. The molecular formula is C11H13Cl2N3O.